The Bertz CT molecular complexity index is 360. The summed E-state index contributed by atoms with van der Waals surface area (Å²) in [5.41, 5.74) is 1.99. The first-order chi connectivity index (χ1) is 10.0. The van der Waals surface area contributed by atoms with E-state index in [0.717, 1.165) is 0 Å². The van der Waals surface area contributed by atoms with Crippen molar-refractivity contribution in [3.8, 4) is 0 Å². The van der Waals surface area contributed by atoms with Gasteiger partial charge in [0.1, 0.15) is 5.78 Å². The quantitative estimate of drug-likeness (QED) is 0.860. The number of rotatable bonds is 2. The molecule has 0 radical (unpaired) electrons. The Morgan fingerprint density at radius 1 is 1.10 bits per heavy atom. The number of benzene rings is 1. The molecular weight excluding hydrogens is 258 g/mol. The fourth-order valence-electron chi connectivity index (χ4n) is 2.55. The van der Waals surface area contributed by atoms with Gasteiger partial charge in [0.15, 0.2) is 0 Å². The molecule has 1 fully saturated rings. The van der Waals surface area contributed by atoms with Gasteiger partial charge in [-0.25, -0.2) is 0 Å². The van der Waals surface area contributed by atoms with E-state index in [1.165, 1.54) is 58.2 Å². The summed E-state index contributed by atoms with van der Waals surface area (Å²) in [6.45, 7) is 11.9. The molecule has 0 bridgehead atoms. The highest BCUT2D eigenvalue weighted by Gasteiger charge is 2.25. The Balaban J connectivity index is 0.000000579. The second kappa shape index (κ2) is 11.5. The van der Waals surface area contributed by atoms with E-state index in [1.54, 1.807) is 0 Å². The van der Waals surface area contributed by atoms with Gasteiger partial charge < -0.3 is 10.1 Å². The molecule has 2 rings (SSSR count). The van der Waals surface area contributed by atoms with Crippen LogP contribution in [0.1, 0.15) is 59.4 Å². The van der Waals surface area contributed by atoms with Crippen molar-refractivity contribution >= 4 is 5.78 Å². The molecule has 2 nitrogen and oxygen atoms in total. The van der Waals surface area contributed by atoms with Crippen LogP contribution < -0.4 is 5.32 Å². The first-order valence-corrected chi connectivity index (χ1v) is 8.24. The largest absolute Gasteiger partial charge is 0.317 e. The van der Waals surface area contributed by atoms with E-state index < -0.39 is 0 Å². The third kappa shape index (κ3) is 10.3. The normalized spacial score (nSPS) is 21.0. The lowest BCUT2D eigenvalue weighted by Gasteiger charge is -2.27. The first-order valence-electron chi connectivity index (χ1n) is 8.24. The van der Waals surface area contributed by atoms with Crippen molar-refractivity contribution in [1.82, 2.24) is 5.32 Å². The van der Waals surface area contributed by atoms with E-state index in [1.807, 2.05) is 13.8 Å². The van der Waals surface area contributed by atoms with Gasteiger partial charge >= 0.3 is 0 Å². The average Bonchev–Trinajstić information content (AvgIpc) is 2.66. The molecule has 1 atom stereocenters. The third-order valence-corrected chi connectivity index (χ3v) is 3.51. The van der Waals surface area contributed by atoms with Crippen LogP contribution in [0.2, 0.25) is 0 Å². The number of nitrogens with one attached hydrogen (secondary N) is 1. The smallest absolute Gasteiger partial charge is 0.126 e. The van der Waals surface area contributed by atoms with Gasteiger partial charge in [-0.3, -0.25) is 0 Å². The highest BCUT2D eigenvalue weighted by Crippen LogP contribution is 2.32. The van der Waals surface area contributed by atoms with Gasteiger partial charge in [-0.15, -0.1) is 0 Å². The maximum atomic E-state index is 9.44. The van der Waals surface area contributed by atoms with Crippen molar-refractivity contribution in [2.75, 3.05) is 13.1 Å². The van der Waals surface area contributed by atoms with Gasteiger partial charge in [0.25, 0.3) is 0 Å². The van der Waals surface area contributed by atoms with Crippen molar-refractivity contribution in [2.24, 2.45) is 5.41 Å². The Hall–Kier alpha value is -1.15. The standard InChI is InChI=1S/C14H21N.C3H6O.C2H6/c1-14(8-5-10-15-11-9-14)12-13-6-3-2-4-7-13;1-3(2)4;1-2/h2-4,6-7,15H,5,8-12H2,1H3;1-2H3;1-2H3. The molecule has 0 spiro atoms. The molecule has 120 valence electrons. The third-order valence-electron chi connectivity index (χ3n) is 3.51. The van der Waals surface area contributed by atoms with Crippen LogP contribution in [0, 0.1) is 5.41 Å². The van der Waals surface area contributed by atoms with Crippen molar-refractivity contribution < 1.29 is 4.79 Å². The van der Waals surface area contributed by atoms with Gasteiger partial charge in [-0.2, -0.15) is 0 Å². The molecule has 1 heterocycles. The second-order valence-corrected chi connectivity index (χ2v) is 5.98. The first kappa shape index (κ1) is 19.9. The topological polar surface area (TPSA) is 29.1 Å². The van der Waals surface area contributed by atoms with Crippen LogP contribution in [0.4, 0.5) is 0 Å². The number of carbonyl (C=O) groups is 1. The zero-order valence-corrected chi connectivity index (χ0v) is 14.5. The summed E-state index contributed by atoms with van der Waals surface area (Å²) in [6.07, 6.45) is 5.22. The fraction of sp³-hybridized carbons (Fsp3) is 0.632. The Morgan fingerprint density at radius 3 is 2.24 bits per heavy atom. The fourth-order valence-corrected chi connectivity index (χ4v) is 2.55. The van der Waals surface area contributed by atoms with Crippen LogP contribution in [0.15, 0.2) is 30.3 Å². The highest BCUT2D eigenvalue weighted by atomic mass is 16.1. The van der Waals surface area contributed by atoms with Gasteiger partial charge in [0.05, 0.1) is 0 Å². The Kier molecular flexibility index (Phi) is 10.9. The molecule has 1 aliphatic heterocycles. The number of ketones is 1. The van der Waals surface area contributed by atoms with Crippen molar-refractivity contribution in [2.45, 2.75) is 60.3 Å². The Labute approximate surface area is 131 Å². The van der Waals surface area contributed by atoms with Crippen LogP contribution in [-0.2, 0) is 11.2 Å². The molecule has 21 heavy (non-hydrogen) atoms. The van der Waals surface area contributed by atoms with Crippen LogP contribution >= 0.6 is 0 Å². The molecule has 1 N–H and O–H groups in total. The van der Waals surface area contributed by atoms with E-state index in [4.69, 9.17) is 0 Å². The van der Waals surface area contributed by atoms with E-state index in [-0.39, 0.29) is 5.78 Å². The predicted molar refractivity (Wildman–Crippen MR) is 92.7 cm³/mol. The zero-order valence-electron chi connectivity index (χ0n) is 14.5. The lowest BCUT2D eigenvalue weighted by Crippen LogP contribution is -2.21. The monoisotopic (exact) mass is 291 g/mol. The SMILES string of the molecule is CC.CC(C)=O.CC1(Cc2ccccc2)CCCNCC1. The molecule has 1 aromatic carbocycles. The van der Waals surface area contributed by atoms with E-state index in [9.17, 15) is 4.79 Å². The second-order valence-electron chi connectivity index (χ2n) is 5.98. The van der Waals surface area contributed by atoms with Gasteiger partial charge in [0, 0.05) is 0 Å². The number of Topliss-reactive ketones (excluding diaryl/α,β-unsaturated/α-hetero) is 1. The van der Waals surface area contributed by atoms with Crippen LogP contribution in [-0.4, -0.2) is 18.9 Å². The van der Waals surface area contributed by atoms with Crippen molar-refractivity contribution in [3.63, 3.8) is 0 Å². The average molecular weight is 291 g/mol. The lowest BCUT2D eigenvalue weighted by atomic mass is 9.77. The highest BCUT2D eigenvalue weighted by molar-refractivity contribution is 5.72. The zero-order chi connectivity index (χ0) is 16.1. The van der Waals surface area contributed by atoms with Crippen LogP contribution in [0.5, 0.6) is 0 Å². The number of carbonyl (C=O) groups excluding carboxylic acids is 1. The maximum absolute atomic E-state index is 9.44. The summed E-state index contributed by atoms with van der Waals surface area (Å²) in [4.78, 5) is 9.44. The predicted octanol–water partition coefficient (Wildman–Crippen LogP) is 4.63. The summed E-state index contributed by atoms with van der Waals surface area (Å²) in [5, 5.41) is 3.49. The lowest BCUT2D eigenvalue weighted by molar-refractivity contribution is -0.114. The molecule has 0 aliphatic carbocycles. The minimum Gasteiger partial charge on any atom is -0.317 e. The molecule has 1 aromatic rings. The molecule has 1 aliphatic rings. The molecule has 0 aromatic heterocycles. The van der Waals surface area contributed by atoms with Crippen molar-refractivity contribution in [1.29, 1.82) is 0 Å². The van der Waals surface area contributed by atoms with E-state index in [0.29, 0.717) is 5.41 Å². The molecule has 0 amide bonds. The summed E-state index contributed by atoms with van der Waals surface area (Å²) < 4.78 is 0. The molecule has 1 unspecified atom stereocenters. The van der Waals surface area contributed by atoms with Crippen molar-refractivity contribution in [3.05, 3.63) is 35.9 Å². The molecule has 0 saturated carbocycles. The van der Waals surface area contributed by atoms with Gasteiger partial charge in [-0.05, 0) is 63.6 Å². The number of hydrogen-bond acceptors (Lipinski definition) is 2. The van der Waals surface area contributed by atoms with Crippen LogP contribution in [0.25, 0.3) is 0 Å². The summed E-state index contributed by atoms with van der Waals surface area (Å²) >= 11 is 0. The Morgan fingerprint density at radius 2 is 1.67 bits per heavy atom. The van der Waals surface area contributed by atoms with Gasteiger partial charge in [-0.1, -0.05) is 51.1 Å². The summed E-state index contributed by atoms with van der Waals surface area (Å²) in [7, 11) is 0. The van der Waals surface area contributed by atoms with E-state index >= 15 is 0 Å². The molecule has 1 saturated heterocycles. The molecule has 2 heteroatoms. The number of hydrogen-bond donors (Lipinski definition) is 1. The van der Waals surface area contributed by atoms with E-state index in [2.05, 4.69) is 42.6 Å². The van der Waals surface area contributed by atoms with Gasteiger partial charge in [0.2, 0.25) is 0 Å². The molecular formula is C19H33NO. The van der Waals surface area contributed by atoms with Crippen LogP contribution in [0.3, 0.4) is 0 Å². The minimum atomic E-state index is 0.167. The summed E-state index contributed by atoms with van der Waals surface area (Å²) in [5.74, 6) is 0.167. The minimum absolute atomic E-state index is 0.167. The maximum Gasteiger partial charge on any atom is 0.126 e. The summed E-state index contributed by atoms with van der Waals surface area (Å²) in [6, 6.07) is 10.9.